The minimum absolute atomic E-state index is 0.281. The number of para-hydroxylation sites is 1. The lowest BCUT2D eigenvalue weighted by atomic mass is 10.0. The lowest BCUT2D eigenvalue weighted by Crippen LogP contribution is -2.23. The minimum Gasteiger partial charge on any atom is -0.384 e. The molecule has 1 aliphatic rings. The van der Waals surface area contributed by atoms with Crippen LogP contribution in [0.3, 0.4) is 0 Å². The van der Waals surface area contributed by atoms with Crippen molar-refractivity contribution in [2.45, 2.75) is 5.92 Å². The highest BCUT2D eigenvalue weighted by Crippen LogP contribution is 2.32. The van der Waals surface area contributed by atoms with Crippen molar-refractivity contribution in [2.75, 3.05) is 17.2 Å². The largest absolute Gasteiger partial charge is 0.384 e. The molecule has 0 aromatic heterocycles. The van der Waals surface area contributed by atoms with E-state index >= 15 is 0 Å². The number of hydrogen-bond acceptors (Lipinski definition) is 2. The Morgan fingerprint density at radius 2 is 1.90 bits per heavy atom. The molecule has 0 saturated carbocycles. The van der Waals surface area contributed by atoms with E-state index in [1.807, 2.05) is 24.3 Å². The average Bonchev–Trinajstić information content (AvgIpc) is 2.86. The Morgan fingerprint density at radius 1 is 1.24 bits per heavy atom. The predicted molar refractivity (Wildman–Crippen MR) is 80.4 cm³/mol. The standard InChI is InChI=1S/C15H11BrF2N2O/c16-8-5-11(17)14(12(18)6-8)20-15(21)10-7-19-13-4-2-1-3-9(10)13/h1-6,10,19H,7H2,(H,20,21). The number of anilines is 2. The molecule has 2 aromatic carbocycles. The molecule has 1 heterocycles. The van der Waals surface area contributed by atoms with Crippen LogP contribution in [-0.4, -0.2) is 12.5 Å². The third kappa shape index (κ3) is 2.63. The fourth-order valence-corrected chi connectivity index (χ4v) is 2.79. The first kappa shape index (κ1) is 14.0. The third-order valence-corrected chi connectivity index (χ3v) is 3.86. The van der Waals surface area contributed by atoms with E-state index in [4.69, 9.17) is 0 Å². The van der Waals surface area contributed by atoms with Gasteiger partial charge in [-0.15, -0.1) is 0 Å². The monoisotopic (exact) mass is 352 g/mol. The second-order valence-corrected chi connectivity index (χ2v) is 5.67. The fraction of sp³-hybridized carbons (Fsp3) is 0.133. The van der Waals surface area contributed by atoms with Gasteiger partial charge in [-0.3, -0.25) is 4.79 Å². The molecule has 0 fully saturated rings. The summed E-state index contributed by atoms with van der Waals surface area (Å²) in [5, 5.41) is 5.44. The highest BCUT2D eigenvalue weighted by molar-refractivity contribution is 9.10. The summed E-state index contributed by atoms with van der Waals surface area (Å²) < 4.78 is 27.8. The van der Waals surface area contributed by atoms with Gasteiger partial charge in [0.05, 0.1) is 5.92 Å². The van der Waals surface area contributed by atoms with Gasteiger partial charge in [0.1, 0.15) is 5.69 Å². The van der Waals surface area contributed by atoms with E-state index in [0.29, 0.717) is 6.54 Å². The van der Waals surface area contributed by atoms with Crippen LogP contribution in [0.2, 0.25) is 0 Å². The van der Waals surface area contributed by atoms with Crippen LogP contribution >= 0.6 is 15.9 Å². The van der Waals surface area contributed by atoms with Gasteiger partial charge in [0.2, 0.25) is 5.91 Å². The second-order valence-electron chi connectivity index (χ2n) is 4.75. The highest BCUT2D eigenvalue weighted by Gasteiger charge is 2.29. The quantitative estimate of drug-likeness (QED) is 0.861. The van der Waals surface area contributed by atoms with E-state index in [9.17, 15) is 13.6 Å². The summed E-state index contributed by atoms with van der Waals surface area (Å²) in [5.74, 6) is -2.53. The molecule has 6 heteroatoms. The molecule has 3 rings (SSSR count). The zero-order chi connectivity index (χ0) is 15.0. The molecule has 0 radical (unpaired) electrons. The van der Waals surface area contributed by atoms with Crippen molar-refractivity contribution in [3.8, 4) is 0 Å². The van der Waals surface area contributed by atoms with Crippen LogP contribution < -0.4 is 10.6 Å². The first-order valence-corrected chi connectivity index (χ1v) is 7.14. The molecule has 2 aromatic rings. The van der Waals surface area contributed by atoms with E-state index in [0.717, 1.165) is 23.4 Å². The first-order valence-electron chi connectivity index (χ1n) is 6.34. The summed E-state index contributed by atoms with van der Waals surface area (Å²) in [6.45, 7) is 0.408. The number of rotatable bonds is 2. The zero-order valence-electron chi connectivity index (χ0n) is 10.8. The molecule has 0 aliphatic carbocycles. The van der Waals surface area contributed by atoms with Crippen molar-refractivity contribution in [2.24, 2.45) is 0 Å². The Kier molecular flexibility index (Phi) is 3.63. The van der Waals surface area contributed by atoms with Crippen molar-refractivity contribution >= 4 is 33.2 Å². The van der Waals surface area contributed by atoms with Gasteiger partial charge >= 0.3 is 0 Å². The number of carbonyl (C=O) groups is 1. The average molecular weight is 353 g/mol. The van der Waals surface area contributed by atoms with E-state index in [2.05, 4.69) is 26.6 Å². The maximum Gasteiger partial charge on any atom is 0.233 e. The van der Waals surface area contributed by atoms with Gasteiger partial charge in [-0.1, -0.05) is 34.1 Å². The summed E-state index contributed by atoms with van der Waals surface area (Å²) in [6, 6.07) is 9.60. The van der Waals surface area contributed by atoms with Crippen molar-refractivity contribution in [1.29, 1.82) is 0 Å². The van der Waals surface area contributed by atoms with Crippen LogP contribution in [-0.2, 0) is 4.79 Å². The molecule has 0 saturated heterocycles. The van der Waals surface area contributed by atoms with Crippen LogP contribution in [0.25, 0.3) is 0 Å². The molecule has 3 nitrogen and oxygen atoms in total. The Hall–Kier alpha value is -1.95. The summed E-state index contributed by atoms with van der Waals surface area (Å²) in [6.07, 6.45) is 0. The van der Waals surface area contributed by atoms with Gasteiger partial charge in [-0.05, 0) is 23.8 Å². The summed E-state index contributed by atoms with van der Waals surface area (Å²) in [7, 11) is 0. The molecule has 1 atom stereocenters. The molecule has 21 heavy (non-hydrogen) atoms. The van der Waals surface area contributed by atoms with Crippen molar-refractivity contribution in [3.05, 3.63) is 58.1 Å². The number of amides is 1. The normalized spacial score (nSPS) is 16.2. The SMILES string of the molecule is O=C(Nc1c(F)cc(Br)cc1F)C1CNc2ccccc21. The van der Waals surface area contributed by atoms with Crippen LogP contribution in [0.1, 0.15) is 11.5 Å². The van der Waals surface area contributed by atoms with E-state index in [-0.39, 0.29) is 4.47 Å². The molecule has 1 amide bonds. The molecule has 0 bridgehead atoms. The summed E-state index contributed by atoms with van der Waals surface area (Å²) in [4.78, 5) is 12.3. The Labute approximate surface area is 128 Å². The van der Waals surface area contributed by atoms with Gasteiger partial charge in [0.15, 0.2) is 11.6 Å². The van der Waals surface area contributed by atoms with Crippen LogP contribution in [0.15, 0.2) is 40.9 Å². The lowest BCUT2D eigenvalue weighted by Gasteiger charge is -2.12. The Balaban J connectivity index is 1.86. The van der Waals surface area contributed by atoms with Gasteiger partial charge < -0.3 is 10.6 Å². The summed E-state index contributed by atoms with van der Waals surface area (Å²) in [5.41, 5.74) is 1.27. The highest BCUT2D eigenvalue weighted by atomic mass is 79.9. The summed E-state index contributed by atoms with van der Waals surface area (Å²) >= 11 is 3.00. The van der Waals surface area contributed by atoms with Crippen LogP contribution in [0.5, 0.6) is 0 Å². The van der Waals surface area contributed by atoms with E-state index < -0.39 is 29.1 Å². The van der Waals surface area contributed by atoms with Gasteiger partial charge in [0, 0.05) is 16.7 Å². The molecular weight excluding hydrogens is 342 g/mol. The van der Waals surface area contributed by atoms with Crippen molar-refractivity contribution < 1.29 is 13.6 Å². The van der Waals surface area contributed by atoms with Crippen LogP contribution in [0.4, 0.5) is 20.2 Å². The minimum atomic E-state index is -0.811. The second kappa shape index (κ2) is 5.44. The van der Waals surface area contributed by atoms with Crippen molar-refractivity contribution in [1.82, 2.24) is 0 Å². The number of fused-ring (bicyclic) bond motifs is 1. The third-order valence-electron chi connectivity index (χ3n) is 3.40. The number of nitrogens with one attached hydrogen (secondary N) is 2. The fourth-order valence-electron chi connectivity index (χ4n) is 2.39. The lowest BCUT2D eigenvalue weighted by molar-refractivity contribution is -0.117. The predicted octanol–water partition coefficient (Wildman–Crippen LogP) is 3.88. The number of halogens is 3. The number of carbonyl (C=O) groups excluding carboxylic acids is 1. The Bertz CT molecular complexity index is 698. The molecule has 1 unspecified atom stereocenters. The van der Waals surface area contributed by atoms with Crippen LogP contribution in [0, 0.1) is 11.6 Å². The van der Waals surface area contributed by atoms with Gasteiger partial charge in [0.25, 0.3) is 0 Å². The molecule has 108 valence electrons. The van der Waals surface area contributed by atoms with Gasteiger partial charge in [-0.2, -0.15) is 0 Å². The van der Waals surface area contributed by atoms with E-state index in [1.54, 1.807) is 0 Å². The molecule has 2 N–H and O–H groups in total. The maximum absolute atomic E-state index is 13.8. The molecular formula is C15H11BrF2N2O. The smallest absolute Gasteiger partial charge is 0.233 e. The van der Waals surface area contributed by atoms with E-state index in [1.165, 1.54) is 0 Å². The Morgan fingerprint density at radius 3 is 2.62 bits per heavy atom. The number of benzene rings is 2. The maximum atomic E-state index is 13.8. The van der Waals surface area contributed by atoms with Gasteiger partial charge in [-0.25, -0.2) is 8.78 Å². The molecule has 1 aliphatic heterocycles. The first-order chi connectivity index (χ1) is 10.1. The zero-order valence-corrected chi connectivity index (χ0v) is 12.4. The van der Waals surface area contributed by atoms with Crippen molar-refractivity contribution in [3.63, 3.8) is 0 Å². The number of hydrogen-bond donors (Lipinski definition) is 2. The topological polar surface area (TPSA) is 41.1 Å². The molecule has 0 spiro atoms.